The summed E-state index contributed by atoms with van der Waals surface area (Å²) in [4.78, 5) is 1.96. The number of anilines is 2. The summed E-state index contributed by atoms with van der Waals surface area (Å²) in [7, 11) is 0. The molecule has 5 rings (SSSR count). The Labute approximate surface area is 160 Å². The minimum atomic E-state index is -4.40. The molecule has 0 fully saturated rings. The zero-order valence-corrected chi connectivity index (χ0v) is 14.8. The third-order valence-electron chi connectivity index (χ3n) is 5.25. The Morgan fingerprint density at radius 1 is 0.786 bits per heavy atom. The fourth-order valence-corrected chi connectivity index (χ4v) is 4.03. The predicted molar refractivity (Wildman–Crippen MR) is 106 cm³/mol. The Kier molecular flexibility index (Phi) is 3.69. The molecule has 4 aromatic carbocycles. The number of benzene rings is 4. The van der Waals surface area contributed by atoms with Crippen LogP contribution < -0.4 is 4.90 Å². The predicted octanol–water partition coefficient (Wildman–Crippen LogP) is 6.98. The minimum absolute atomic E-state index is 0.157. The number of hydrogen-bond acceptors (Lipinski definition) is 1. The van der Waals surface area contributed by atoms with Crippen molar-refractivity contribution < 1.29 is 13.2 Å². The van der Waals surface area contributed by atoms with E-state index in [1.807, 2.05) is 59.5 Å². The molecule has 1 nitrogen and oxygen atoms in total. The van der Waals surface area contributed by atoms with Gasteiger partial charge in [-0.15, -0.1) is 0 Å². The molecule has 4 aromatic rings. The monoisotopic (exact) mass is 374 g/mol. The molecule has 1 radical (unpaired) electrons. The lowest BCUT2D eigenvalue weighted by molar-refractivity contribution is -0.138. The van der Waals surface area contributed by atoms with Gasteiger partial charge < -0.3 is 4.90 Å². The summed E-state index contributed by atoms with van der Waals surface area (Å²) in [5.74, 6) is 0. The van der Waals surface area contributed by atoms with Crippen LogP contribution in [0.4, 0.5) is 24.5 Å². The molecule has 28 heavy (non-hydrogen) atoms. The van der Waals surface area contributed by atoms with Crippen LogP contribution in [-0.4, -0.2) is 0 Å². The van der Waals surface area contributed by atoms with E-state index in [0.717, 1.165) is 28.2 Å². The maximum atomic E-state index is 13.7. The number of nitrogens with zero attached hydrogens (tertiary/aromatic N) is 1. The highest BCUT2D eigenvalue weighted by Crippen LogP contribution is 2.47. The first-order valence-electron chi connectivity index (χ1n) is 8.99. The van der Waals surface area contributed by atoms with E-state index in [0.29, 0.717) is 11.1 Å². The Balaban J connectivity index is 1.79. The zero-order chi connectivity index (χ0) is 19.3. The first-order valence-corrected chi connectivity index (χ1v) is 8.99. The van der Waals surface area contributed by atoms with Crippen molar-refractivity contribution in [2.24, 2.45) is 0 Å². The van der Waals surface area contributed by atoms with Gasteiger partial charge in [0.15, 0.2) is 0 Å². The normalized spacial score (nSPS) is 13.3. The largest absolute Gasteiger partial charge is 0.416 e. The fourth-order valence-electron chi connectivity index (χ4n) is 4.03. The van der Waals surface area contributed by atoms with Crippen molar-refractivity contribution in [3.8, 4) is 11.1 Å². The summed E-state index contributed by atoms with van der Waals surface area (Å²) in [6.07, 6.45) is -4.40. The summed E-state index contributed by atoms with van der Waals surface area (Å²) in [5.41, 5.74) is 2.76. The third-order valence-corrected chi connectivity index (χ3v) is 5.25. The molecule has 0 saturated heterocycles. The summed E-state index contributed by atoms with van der Waals surface area (Å²) in [6.45, 7) is 0.157. The minimum Gasteiger partial charge on any atom is -0.336 e. The van der Waals surface area contributed by atoms with Crippen LogP contribution in [0.3, 0.4) is 0 Å². The van der Waals surface area contributed by atoms with Crippen molar-refractivity contribution in [3.63, 3.8) is 0 Å². The van der Waals surface area contributed by atoms with Gasteiger partial charge in [0.2, 0.25) is 0 Å². The van der Waals surface area contributed by atoms with Gasteiger partial charge in [0.05, 0.1) is 5.56 Å². The van der Waals surface area contributed by atoms with Crippen LogP contribution in [0.15, 0.2) is 78.9 Å². The highest BCUT2D eigenvalue weighted by atomic mass is 19.4. The van der Waals surface area contributed by atoms with Crippen molar-refractivity contribution >= 4 is 22.1 Å². The molecule has 1 aliphatic heterocycles. The molecule has 0 aromatic heterocycles. The molecule has 0 bridgehead atoms. The van der Waals surface area contributed by atoms with E-state index < -0.39 is 11.7 Å². The molecule has 0 amide bonds. The third kappa shape index (κ3) is 2.56. The summed E-state index contributed by atoms with van der Waals surface area (Å²) in [5, 5.41) is 2.06. The Morgan fingerprint density at radius 2 is 1.54 bits per heavy atom. The molecule has 0 unspecified atom stereocenters. The lowest BCUT2D eigenvalue weighted by Crippen LogP contribution is -2.24. The smallest absolute Gasteiger partial charge is 0.336 e. The average molecular weight is 374 g/mol. The second-order valence-corrected chi connectivity index (χ2v) is 6.84. The number of rotatable bonds is 1. The van der Waals surface area contributed by atoms with Gasteiger partial charge in [-0.25, -0.2) is 0 Å². The molecule has 1 aliphatic rings. The lowest BCUT2D eigenvalue weighted by atomic mass is 9.89. The van der Waals surface area contributed by atoms with Gasteiger partial charge in [-0.3, -0.25) is 0 Å². The van der Waals surface area contributed by atoms with Crippen molar-refractivity contribution in [3.05, 3.63) is 96.1 Å². The molecule has 0 aliphatic carbocycles. The molecule has 0 N–H and O–H groups in total. The van der Waals surface area contributed by atoms with Gasteiger partial charge in [0, 0.05) is 28.9 Å². The number of hydrogen-bond donors (Lipinski definition) is 0. The number of alkyl halides is 3. The van der Waals surface area contributed by atoms with E-state index in [1.165, 1.54) is 6.07 Å². The van der Waals surface area contributed by atoms with Crippen LogP contribution in [0.1, 0.15) is 11.1 Å². The first-order chi connectivity index (χ1) is 13.5. The first kappa shape index (κ1) is 16.9. The molecule has 4 heteroatoms. The van der Waals surface area contributed by atoms with Gasteiger partial charge >= 0.3 is 6.18 Å². The molecule has 0 atom stereocenters. The van der Waals surface area contributed by atoms with Gasteiger partial charge in [0.25, 0.3) is 0 Å². The van der Waals surface area contributed by atoms with Crippen LogP contribution in [0, 0.1) is 6.07 Å². The van der Waals surface area contributed by atoms with E-state index in [4.69, 9.17) is 0 Å². The second-order valence-electron chi connectivity index (χ2n) is 6.84. The van der Waals surface area contributed by atoms with Gasteiger partial charge in [-0.05, 0) is 40.8 Å². The molecular formula is C24H15F3N. The molecule has 0 spiro atoms. The summed E-state index contributed by atoms with van der Waals surface area (Å²) in [6, 6.07) is 26.9. The van der Waals surface area contributed by atoms with Crippen LogP contribution in [-0.2, 0) is 12.7 Å². The van der Waals surface area contributed by atoms with Crippen LogP contribution in [0.25, 0.3) is 21.9 Å². The second kappa shape index (κ2) is 6.13. The lowest BCUT2D eigenvalue weighted by Gasteiger charge is -2.34. The average Bonchev–Trinajstić information content (AvgIpc) is 2.71. The van der Waals surface area contributed by atoms with Crippen LogP contribution in [0.2, 0.25) is 0 Å². The standard InChI is InChI=1S/C24H15F3N/c25-24(26,27)21-12-6-11-18-19-10-3-4-13-23(19)28(15-20(18)21)22-14-5-8-16-7-1-2-9-17(16)22/h1-9,11-14H,15H2. The van der Waals surface area contributed by atoms with E-state index in [1.54, 1.807) is 12.1 Å². The fraction of sp³-hybridized carbons (Fsp3) is 0.0833. The molecule has 137 valence electrons. The van der Waals surface area contributed by atoms with Gasteiger partial charge in [-0.1, -0.05) is 60.7 Å². The van der Waals surface area contributed by atoms with E-state index in [2.05, 4.69) is 6.07 Å². The Morgan fingerprint density at radius 3 is 2.39 bits per heavy atom. The molecular weight excluding hydrogens is 359 g/mol. The molecule has 1 heterocycles. The Hall–Kier alpha value is -3.27. The summed E-state index contributed by atoms with van der Waals surface area (Å²) >= 11 is 0. The quantitative estimate of drug-likeness (QED) is 0.347. The van der Waals surface area contributed by atoms with Crippen LogP contribution >= 0.6 is 0 Å². The highest BCUT2D eigenvalue weighted by molar-refractivity contribution is 5.99. The SMILES string of the molecule is FC(F)(F)c1cccc2c1CN(c1cccc3ccccc13)c1ccc[c]c1-2. The van der Waals surface area contributed by atoms with Gasteiger partial charge in [-0.2, -0.15) is 13.2 Å². The number of fused-ring (bicyclic) bond motifs is 4. The zero-order valence-electron chi connectivity index (χ0n) is 14.8. The van der Waals surface area contributed by atoms with Gasteiger partial charge in [0.1, 0.15) is 0 Å². The Bertz CT molecular complexity index is 1190. The summed E-state index contributed by atoms with van der Waals surface area (Å²) < 4.78 is 41.1. The van der Waals surface area contributed by atoms with Crippen LogP contribution in [0.5, 0.6) is 0 Å². The van der Waals surface area contributed by atoms with Crippen molar-refractivity contribution in [1.82, 2.24) is 0 Å². The van der Waals surface area contributed by atoms with Crippen molar-refractivity contribution in [2.45, 2.75) is 12.7 Å². The van der Waals surface area contributed by atoms with E-state index >= 15 is 0 Å². The van der Waals surface area contributed by atoms with E-state index in [-0.39, 0.29) is 12.1 Å². The topological polar surface area (TPSA) is 3.24 Å². The maximum absolute atomic E-state index is 13.7. The molecule has 0 saturated carbocycles. The highest BCUT2D eigenvalue weighted by Gasteiger charge is 2.37. The van der Waals surface area contributed by atoms with E-state index in [9.17, 15) is 13.2 Å². The maximum Gasteiger partial charge on any atom is 0.416 e. The van der Waals surface area contributed by atoms with Crippen molar-refractivity contribution in [2.75, 3.05) is 4.90 Å². The number of halogens is 3. The van der Waals surface area contributed by atoms with Crippen molar-refractivity contribution in [1.29, 1.82) is 0 Å².